The number of hydrogen-bond acceptors (Lipinski definition) is 4. The predicted octanol–water partition coefficient (Wildman–Crippen LogP) is 5.87. The Morgan fingerprint density at radius 1 is 1.13 bits per heavy atom. The van der Waals surface area contributed by atoms with Crippen molar-refractivity contribution in [3.05, 3.63) is 71.2 Å². The van der Waals surface area contributed by atoms with Crippen molar-refractivity contribution in [1.82, 2.24) is 9.88 Å². The number of thiazole rings is 1. The minimum Gasteiger partial charge on any atom is -0.493 e. The molecule has 1 aromatic heterocycles. The number of ether oxygens (including phenoxy) is 1. The van der Waals surface area contributed by atoms with Gasteiger partial charge in [-0.3, -0.25) is 4.79 Å². The van der Waals surface area contributed by atoms with E-state index in [0.717, 1.165) is 40.7 Å². The molecule has 1 unspecified atom stereocenters. The zero-order chi connectivity index (χ0) is 20.5. The summed E-state index contributed by atoms with van der Waals surface area (Å²) in [4.78, 5) is 20.3. The Kier molecular flexibility index (Phi) is 5.13. The van der Waals surface area contributed by atoms with Crippen LogP contribution in [0.5, 0.6) is 5.75 Å². The van der Waals surface area contributed by atoms with E-state index in [0.29, 0.717) is 24.5 Å². The molecule has 0 radical (unpaired) electrons. The van der Waals surface area contributed by atoms with E-state index in [4.69, 9.17) is 9.72 Å². The number of likely N-dealkylation sites (tertiary alicyclic amines) is 1. The highest BCUT2D eigenvalue weighted by Gasteiger charge is 2.29. The van der Waals surface area contributed by atoms with Gasteiger partial charge >= 0.3 is 0 Å². The Morgan fingerprint density at radius 3 is 2.70 bits per heavy atom. The summed E-state index contributed by atoms with van der Waals surface area (Å²) in [5, 5.41) is 3.28. The summed E-state index contributed by atoms with van der Waals surface area (Å²) in [6.45, 7) is 3.97. The monoisotopic (exact) mass is 416 g/mol. The van der Waals surface area contributed by atoms with Crippen molar-refractivity contribution in [1.29, 1.82) is 0 Å². The fourth-order valence-corrected chi connectivity index (χ4v) is 5.35. The lowest BCUT2D eigenvalue weighted by Crippen LogP contribution is -2.39. The number of amides is 1. The number of carbonyl (C=O) groups is 1. The lowest BCUT2D eigenvalue weighted by Gasteiger charge is -2.32. The molecule has 152 valence electrons. The zero-order valence-corrected chi connectivity index (χ0v) is 17.8. The number of piperidine rings is 1. The van der Waals surface area contributed by atoms with E-state index in [2.05, 4.69) is 24.3 Å². The van der Waals surface area contributed by atoms with Crippen LogP contribution in [-0.4, -0.2) is 35.5 Å². The van der Waals surface area contributed by atoms with E-state index >= 15 is 0 Å². The Labute approximate surface area is 180 Å². The summed E-state index contributed by atoms with van der Waals surface area (Å²) in [6.07, 6.45) is 2.06. The Hall–Kier alpha value is -2.92. The van der Waals surface area contributed by atoms with Gasteiger partial charge in [-0.2, -0.15) is 0 Å². The van der Waals surface area contributed by atoms with Crippen LogP contribution < -0.4 is 4.74 Å². The van der Waals surface area contributed by atoms with Crippen molar-refractivity contribution in [2.24, 2.45) is 0 Å². The van der Waals surface area contributed by atoms with Gasteiger partial charge in [0.2, 0.25) is 0 Å². The molecule has 3 aromatic carbocycles. The summed E-state index contributed by atoms with van der Waals surface area (Å²) in [7, 11) is 0. The maximum absolute atomic E-state index is 13.5. The molecule has 0 bridgehead atoms. The number of hydrogen-bond donors (Lipinski definition) is 0. The Bertz CT molecular complexity index is 1180. The number of benzene rings is 3. The Morgan fingerprint density at radius 2 is 1.90 bits per heavy atom. The van der Waals surface area contributed by atoms with E-state index in [1.807, 2.05) is 48.2 Å². The van der Waals surface area contributed by atoms with E-state index in [1.165, 1.54) is 4.70 Å². The first-order chi connectivity index (χ1) is 14.7. The average molecular weight is 417 g/mol. The molecule has 1 aliphatic heterocycles. The van der Waals surface area contributed by atoms with Crippen molar-refractivity contribution >= 4 is 38.2 Å². The number of para-hydroxylation sites is 1. The molecule has 5 heteroatoms. The predicted molar refractivity (Wildman–Crippen MR) is 123 cm³/mol. The van der Waals surface area contributed by atoms with Crippen molar-refractivity contribution in [3.63, 3.8) is 0 Å². The first-order valence-corrected chi connectivity index (χ1v) is 11.3. The van der Waals surface area contributed by atoms with Crippen LogP contribution >= 0.6 is 11.3 Å². The van der Waals surface area contributed by atoms with Crippen molar-refractivity contribution < 1.29 is 9.53 Å². The Balaban J connectivity index is 1.44. The fraction of sp³-hybridized carbons (Fsp3) is 0.280. The molecule has 5 rings (SSSR count). The summed E-state index contributed by atoms with van der Waals surface area (Å²) in [5.74, 6) is 1.01. The van der Waals surface area contributed by atoms with Gasteiger partial charge in [0, 0.05) is 19.0 Å². The summed E-state index contributed by atoms with van der Waals surface area (Å²) in [6, 6.07) is 20.3. The molecule has 0 spiro atoms. The molecule has 0 aliphatic carbocycles. The van der Waals surface area contributed by atoms with Crippen molar-refractivity contribution in [3.8, 4) is 5.75 Å². The molecule has 0 saturated carbocycles. The smallest absolute Gasteiger partial charge is 0.257 e. The molecule has 1 aliphatic rings. The largest absolute Gasteiger partial charge is 0.493 e. The zero-order valence-electron chi connectivity index (χ0n) is 17.0. The minimum atomic E-state index is 0.0509. The van der Waals surface area contributed by atoms with Gasteiger partial charge in [0.05, 0.1) is 27.4 Å². The minimum absolute atomic E-state index is 0.0509. The van der Waals surface area contributed by atoms with E-state index in [-0.39, 0.29) is 11.8 Å². The number of fused-ring (bicyclic) bond motifs is 2. The van der Waals surface area contributed by atoms with Crippen LogP contribution in [0.3, 0.4) is 0 Å². The summed E-state index contributed by atoms with van der Waals surface area (Å²) < 4.78 is 7.06. The van der Waals surface area contributed by atoms with Crippen LogP contribution in [0, 0.1) is 0 Å². The lowest BCUT2D eigenvalue weighted by molar-refractivity contribution is 0.0703. The highest BCUT2D eigenvalue weighted by molar-refractivity contribution is 7.18. The van der Waals surface area contributed by atoms with Gasteiger partial charge in [-0.05, 0) is 54.8 Å². The number of aromatic nitrogens is 1. The third-order valence-electron chi connectivity index (χ3n) is 5.75. The second-order valence-electron chi connectivity index (χ2n) is 7.74. The van der Waals surface area contributed by atoms with Gasteiger partial charge in [-0.1, -0.05) is 36.4 Å². The van der Waals surface area contributed by atoms with Crippen molar-refractivity contribution in [2.75, 3.05) is 19.7 Å². The van der Waals surface area contributed by atoms with Gasteiger partial charge < -0.3 is 9.64 Å². The normalized spacial score (nSPS) is 16.8. The van der Waals surface area contributed by atoms with E-state index in [1.54, 1.807) is 11.3 Å². The highest BCUT2D eigenvalue weighted by Crippen LogP contribution is 2.34. The van der Waals surface area contributed by atoms with Crippen LogP contribution in [0.15, 0.2) is 60.7 Å². The highest BCUT2D eigenvalue weighted by atomic mass is 32.1. The molecule has 1 saturated heterocycles. The SMILES string of the molecule is CCOc1cc2ccccc2cc1C(=O)N1CCCC(c2nc3ccccc3s2)C1. The molecule has 1 fully saturated rings. The van der Waals surface area contributed by atoms with Crippen LogP contribution in [0.1, 0.15) is 41.0 Å². The second kappa shape index (κ2) is 8.07. The van der Waals surface area contributed by atoms with Gasteiger partial charge in [-0.15, -0.1) is 11.3 Å². The van der Waals surface area contributed by atoms with Gasteiger partial charge in [-0.25, -0.2) is 4.98 Å². The average Bonchev–Trinajstić information content (AvgIpc) is 3.23. The van der Waals surface area contributed by atoms with Crippen LogP contribution in [0.25, 0.3) is 21.0 Å². The van der Waals surface area contributed by atoms with Gasteiger partial charge in [0.1, 0.15) is 5.75 Å². The third kappa shape index (κ3) is 3.54. The third-order valence-corrected chi connectivity index (χ3v) is 6.95. The van der Waals surface area contributed by atoms with E-state index < -0.39 is 0 Å². The first kappa shape index (κ1) is 19.1. The van der Waals surface area contributed by atoms with Gasteiger partial charge in [0.15, 0.2) is 0 Å². The quantitative estimate of drug-likeness (QED) is 0.418. The topological polar surface area (TPSA) is 42.4 Å². The molecule has 4 nitrogen and oxygen atoms in total. The van der Waals surface area contributed by atoms with Crippen LogP contribution in [0.2, 0.25) is 0 Å². The number of carbonyl (C=O) groups excluding carboxylic acids is 1. The molecule has 2 heterocycles. The standard InChI is InChI=1S/C25H24N2O2S/c1-2-29-22-15-18-9-4-3-8-17(18)14-20(22)25(28)27-13-7-10-19(16-27)24-26-21-11-5-6-12-23(21)30-24/h3-6,8-9,11-12,14-15,19H,2,7,10,13,16H2,1H3. The maximum atomic E-state index is 13.5. The molecular formula is C25H24N2O2S. The molecule has 0 N–H and O–H groups in total. The molecule has 4 aromatic rings. The van der Waals surface area contributed by atoms with E-state index in [9.17, 15) is 4.79 Å². The van der Waals surface area contributed by atoms with Gasteiger partial charge in [0.25, 0.3) is 5.91 Å². The summed E-state index contributed by atoms with van der Waals surface area (Å²) >= 11 is 1.75. The lowest BCUT2D eigenvalue weighted by atomic mass is 9.97. The maximum Gasteiger partial charge on any atom is 0.257 e. The van der Waals surface area contributed by atoms with Crippen molar-refractivity contribution in [2.45, 2.75) is 25.7 Å². The second-order valence-corrected chi connectivity index (χ2v) is 8.80. The fourth-order valence-electron chi connectivity index (χ4n) is 4.26. The molecule has 1 amide bonds. The van der Waals surface area contributed by atoms with Crippen LogP contribution in [0.4, 0.5) is 0 Å². The number of nitrogens with zero attached hydrogens (tertiary/aromatic N) is 2. The van der Waals surface area contributed by atoms with Crippen LogP contribution in [-0.2, 0) is 0 Å². The molecular weight excluding hydrogens is 392 g/mol. The molecule has 1 atom stereocenters. The molecule has 30 heavy (non-hydrogen) atoms. The summed E-state index contributed by atoms with van der Waals surface area (Å²) in [5.41, 5.74) is 1.70. The number of rotatable bonds is 4. The first-order valence-electron chi connectivity index (χ1n) is 10.5.